The molecule has 0 saturated carbocycles. The number of allylic oxidation sites excluding steroid dienone is 5. The zero-order chi connectivity index (χ0) is 20.2. The minimum Gasteiger partial charge on any atom is -0.257 e. The SMILES string of the molecule is CC1=C(CCC2c3ccccc3-c3ccccc32)C2=Cc3ncccc3C(Br)C2=C1. The molecule has 6 rings (SSSR count). The largest absolute Gasteiger partial charge is 0.257 e. The molecule has 2 aromatic carbocycles. The maximum Gasteiger partial charge on any atom is 0.0682 e. The van der Waals surface area contributed by atoms with E-state index in [1.54, 1.807) is 0 Å². The van der Waals surface area contributed by atoms with E-state index in [1.807, 2.05) is 12.3 Å². The summed E-state index contributed by atoms with van der Waals surface area (Å²) >= 11 is 3.93. The van der Waals surface area contributed by atoms with Crippen LogP contribution in [0.3, 0.4) is 0 Å². The summed E-state index contributed by atoms with van der Waals surface area (Å²) in [5.74, 6) is 0.469. The summed E-state index contributed by atoms with van der Waals surface area (Å²) in [5.41, 5.74) is 13.8. The van der Waals surface area contributed by atoms with Crippen LogP contribution in [0, 0.1) is 0 Å². The summed E-state index contributed by atoms with van der Waals surface area (Å²) in [4.78, 5) is 4.85. The van der Waals surface area contributed by atoms with Gasteiger partial charge < -0.3 is 0 Å². The second-order valence-corrected chi connectivity index (χ2v) is 9.34. The minimum atomic E-state index is 0.224. The third-order valence-electron chi connectivity index (χ3n) is 6.83. The Balaban J connectivity index is 1.34. The topological polar surface area (TPSA) is 12.9 Å². The molecule has 0 aliphatic heterocycles. The molecular formula is C28H22BrN. The van der Waals surface area contributed by atoms with E-state index >= 15 is 0 Å². The van der Waals surface area contributed by atoms with Gasteiger partial charge in [0, 0.05) is 12.1 Å². The van der Waals surface area contributed by atoms with Crippen LogP contribution in [0.5, 0.6) is 0 Å². The Kier molecular flexibility index (Phi) is 4.17. The van der Waals surface area contributed by atoms with Crippen molar-refractivity contribution in [2.75, 3.05) is 0 Å². The molecule has 3 aromatic rings. The molecule has 0 bridgehead atoms. The van der Waals surface area contributed by atoms with E-state index in [2.05, 4.69) is 94.6 Å². The number of fused-ring (bicyclic) bond motifs is 5. The lowest BCUT2D eigenvalue weighted by Gasteiger charge is -2.23. The van der Waals surface area contributed by atoms with Crippen molar-refractivity contribution in [2.45, 2.75) is 30.5 Å². The quantitative estimate of drug-likeness (QED) is 0.370. The van der Waals surface area contributed by atoms with Gasteiger partial charge in [0.25, 0.3) is 0 Å². The van der Waals surface area contributed by atoms with E-state index in [1.165, 1.54) is 50.1 Å². The molecule has 0 amide bonds. The van der Waals surface area contributed by atoms with E-state index < -0.39 is 0 Å². The first-order chi connectivity index (χ1) is 14.7. The van der Waals surface area contributed by atoms with Crippen molar-refractivity contribution >= 4 is 22.0 Å². The van der Waals surface area contributed by atoms with Gasteiger partial charge in [-0.2, -0.15) is 0 Å². The number of aromatic nitrogens is 1. The average Bonchev–Trinajstić information content (AvgIpc) is 3.27. The van der Waals surface area contributed by atoms with Gasteiger partial charge in [-0.1, -0.05) is 76.6 Å². The Labute approximate surface area is 186 Å². The standard InChI is InChI=1S/C28H22BrN/c1-17-15-26-25(16-27-24(28(26)29)11-6-14-30-27)18(17)12-13-23-21-9-4-2-7-19(21)20-8-3-5-10-22(20)23/h2-11,14-16,23,28H,12-13H2,1H3. The van der Waals surface area contributed by atoms with Gasteiger partial charge in [0.15, 0.2) is 0 Å². The van der Waals surface area contributed by atoms with E-state index in [9.17, 15) is 0 Å². The van der Waals surface area contributed by atoms with Crippen LogP contribution in [0.1, 0.15) is 52.9 Å². The first-order valence-corrected chi connectivity index (χ1v) is 11.5. The van der Waals surface area contributed by atoms with Crippen LogP contribution >= 0.6 is 15.9 Å². The van der Waals surface area contributed by atoms with Crippen LogP contribution in [-0.2, 0) is 0 Å². The van der Waals surface area contributed by atoms with E-state index in [4.69, 9.17) is 0 Å². The maximum atomic E-state index is 4.63. The summed E-state index contributed by atoms with van der Waals surface area (Å²) < 4.78 is 0. The Morgan fingerprint density at radius 3 is 2.23 bits per heavy atom. The van der Waals surface area contributed by atoms with Crippen LogP contribution in [0.15, 0.2) is 95.2 Å². The molecule has 2 heteroatoms. The Morgan fingerprint density at radius 1 is 0.833 bits per heavy atom. The number of hydrogen-bond donors (Lipinski definition) is 0. The number of halogens is 1. The maximum absolute atomic E-state index is 4.63. The van der Waals surface area contributed by atoms with Gasteiger partial charge in [-0.05, 0) is 82.0 Å². The molecule has 1 unspecified atom stereocenters. The molecule has 3 aliphatic rings. The minimum absolute atomic E-state index is 0.224. The fourth-order valence-corrected chi connectivity index (χ4v) is 6.19. The number of benzene rings is 2. The Bertz CT molecular complexity index is 1230. The molecule has 0 N–H and O–H groups in total. The van der Waals surface area contributed by atoms with Gasteiger partial charge in [-0.15, -0.1) is 0 Å². The zero-order valence-corrected chi connectivity index (χ0v) is 18.5. The first-order valence-electron chi connectivity index (χ1n) is 10.6. The zero-order valence-electron chi connectivity index (χ0n) is 16.9. The summed E-state index contributed by atoms with van der Waals surface area (Å²) in [5, 5.41) is 0. The normalized spacial score (nSPS) is 19.1. The molecular weight excluding hydrogens is 430 g/mol. The summed E-state index contributed by atoms with van der Waals surface area (Å²) in [6, 6.07) is 22.1. The second kappa shape index (κ2) is 6.92. The van der Waals surface area contributed by atoms with Gasteiger partial charge in [-0.25, -0.2) is 0 Å². The van der Waals surface area contributed by atoms with Gasteiger partial charge in [0.05, 0.1) is 10.5 Å². The molecule has 146 valence electrons. The monoisotopic (exact) mass is 451 g/mol. The van der Waals surface area contributed by atoms with Crippen LogP contribution in [0.4, 0.5) is 0 Å². The van der Waals surface area contributed by atoms with Gasteiger partial charge >= 0.3 is 0 Å². The molecule has 0 saturated heterocycles. The number of hydrogen-bond acceptors (Lipinski definition) is 1. The third kappa shape index (κ3) is 2.63. The second-order valence-electron chi connectivity index (χ2n) is 8.43. The number of rotatable bonds is 3. The molecule has 1 nitrogen and oxygen atoms in total. The summed E-state index contributed by atoms with van der Waals surface area (Å²) in [6.07, 6.45) is 8.75. The Morgan fingerprint density at radius 2 is 1.50 bits per heavy atom. The van der Waals surface area contributed by atoms with Crippen molar-refractivity contribution in [1.29, 1.82) is 0 Å². The fraction of sp³-hybridized carbons (Fsp3) is 0.179. The van der Waals surface area contributed by atoms with Gasteiger partial charge in [0.1, 0.15) is 0 Å². The van der Waals surface area contributed by atoms with Crippen molar-refractivity contribution in [1.82, 2.24) is 4.98 Å². The van der Waals surface area contributed by atoms with Crippen LogP contribution in [0.2, 0.25) is 0 Å². The highest BCUT2D eigenvalue weighted by Gasteiger charge is 2.32. The fourth-order valence-electron chi connectivity index (χ4n) is 5.43. The molecule has 0 fully saturated rings. The van der Waals surface area contributed by atoms with Crippen molar-refractivity contribution in [3.8, 4) is 11.1 Å². The lowest BCUT2D eigenvalue weighted by atomic mass is 9.85. The molecule has 0 radical (unpaired) electrons. The highest BCUT2D eigenvalue weighted by atomic mass is 79.9. The predicted molar refractivity (Wildman–Crippen MR) is 128 cm³/mol. The van der Waals surface area contributed by atoms with Crippen molar-refractivity contribution in [2.24, 2.45) is 0 Å². The van der Waals surface area contributed by atoms with Crippen molar-refractivity contribution in [3.05, 3.63) is 118 Å². The van der Waals surface area contributed by atoms with Crippen LogP contribution in [0.25, 0.3) is 17.2 Å². The number of pyridine rings is 1. The summed E-state index contributed by atoms with van der Waals surface area (Å²) in [6.45, 7) is 2.26. The first kappa shape index (κ1) is 18.1. The molecule has 30 heavy (non-hydrogen) atoms. The molecule has 3 aliphatic carbocycles. The highest BCUT2D eigenvalue weighted by molar-refractivity contribution is 9.09. The smallest absolute Gasteiger partial charge is 0.0682 e. The van der Waals surface area contributed by atoms with Gasteiger partial charge in [-0.3, -0.25) is 4.98 Å². The molecule has 0 spiro atoms. The average molecular weight is 452 g/mol. The van der Waals surface area contributed by atoms with Crippen LogP contribution < -0.4 is 0 Å². The molecule has 1 heterocycles. The van der Waals surface area contributed by atoms with Crippen LogP contribution in [-0.4, -0.2) is 4.98 Å². The lowest BCUT2D eigenvalue weighted by Crippen LogP contribution is -2.07. The van der Waals surface area contributed by atoms with E-state index in [0.29, 0.717) is 5.92 Å². The van der Waals surface area contributed by atoms with Crippen molar-refractivity contribution < 1.29 is 0 Å². The molecule has 1 aromatic heterocycles. The predicted octanol–water partition coefficient (Wildman–Crippen LogP) is 7.76. The van der Waals surface area contributed by atoms with Gasteiger partial charge in [0.2, 0.25) is 0 Å². The van der Waals surface area contributed by atoms with E-state index in [0.717, 1.165) is 18.5 Å². The summed E-state index contributed by atoms with van der Waals surface area (Å²) in [7, 11) is 0. The lowest BCUT2D eigenvalue weighted by molar-refractivity contribution is 0.727. The number of nitrogens with zero attached hydrogens (tertiary/aromatic N) is 1. The van der Waals surface area contributed by atoms with E-state index in [-0.39, 0.29) is 4.83 Å². The number of alkyl halides is 1. The highest BCUT2D eigenvalue weighted by Crippen LogP contribution is 2.51. The Hall–Kier alpha value is -2.71. The third-order valence-corrected chi connectivity index (χ3v) is 7.81. The van der Waals surface area contributed by atoms with Crippen molar-refractivity contribution in [3.63, 3.8) is 0 Å². The molecule has 1 atom stereocenters.